The summed E-state index contributed by atoms with van der Waals surface area (Å²) in [6.45, 7) is 2.58. The van der Waals surface area contributed by atoms with Gasteiger partial charge in [0.25, 0.3) is 0 Å². The van der Waals surface area contributed by atoms with Gasteiger partial charge in [0, 0.05) is 6.54 Å². The predicted molar refractivity (Wildman–Crippen MR) is 63.1 cm³/mol. The second-order valence-corrected chi connectivity index (χ2v) is 5.15. The zero-order chi connectivity index (χ0) is 10.3. The van der Waals surface area contributed by atoms with E-state index in [1.807, 2.05) is 0 Å². The van der Waals surface area contributed by atoms with Crippen molar-refractivity contribution in [3.8, 4) is 0 Å². The molecule has 15 heavy (non-hydrogen) atoms. The van der Waals surface area contributed by atoms with Crippen LogP contribution in [0, 0.1) is 5.92 Å². The van der Waals surface area contributed by atoms with Crippen molar-refractivity contribution in [2.45, 2.75) is 25.2 Å². The first-order valence-electron chi connectivity index (χ1n) is 6.11. The SMILES string of the molecule is CN1CC[C@H]2c3ccccc3CC[C@H]2C1. The van der Waals surface area contributed by atoms with Crippen LogP contribution in [0.25, 0.3) is 0 Å². The van der Waals surface area contributed by atoms with Gasteiger partial charge < -0.3 is 4.90 Å². The molecule has 1 aliphatic carbocycles. The summed E-state index contributed by atoms with van der Waals surface area (Å²) < 4.78 is 0. The van der Waals surface area contributed by atoms with Crippen molar-refractivity contribution >= 4 is 0 Å². The maximum Gasteiger partial charge on any atom is 0.00126 e. The van der Waals surface area contributed by atoms with Crippen molar-refractivity contribution in [1.82, 2.24) is 4.90 Å². The summed E-state index contributed by atoms with van der Waals surface area (Å²) in [5.74, 6) is 1.77. The Morgan fingerprint density at radius 2 is 2.07 bits per heavy atom. The van der Waals surface area contributed by atoms with E-state index >= 15 is 0 Å². The fourth-order valence-electron chi connectivity index (χ4n) is 3.38. The Labute approximate surface area is 92.1 Å². The number of nitrogens with zero attached hydrogens (tertiary/aromatic N) is 1. The first-order valence-corrected chi connectivity index (χ1v) is 6.11. The molecule has 1 heterocycles. The normalized spacial score (nSPS) is 30.7. The molecule has 1 aliphatic heterocycles. The highest BCUT2D eigenvalue weighted by Crippen LogP contribution is 2.40. The monoisotopic (exact) mass is 201 g/mol. The molecule has 0 aromatic heterocycles. The Hall–Kier alpha value is -0.820. The van der Waals surface area contributed by atoms with E-state index in [0.717, 1.165) is 11.8 Å². The first kappa shape index (κ1) is 9.41. The van der Waals surface area contributed by atoms with Crippen molar-refractivity contribution in [2.75, 3.05) is 20.1 Å². The number of piperidine rings is 1. The van der Waals surface area contributed by atoms with Gasteiger partial charge in [-0.2, -0.15) is 0 Å². The van der Waals surface area contributed by atoms with E-state index in [1.54, 1.807) is 11.1 Å². The largest absolute Gasteiger partial charge is 0.306 e. The number of hydrogen-bond acceptors (Lipinski definition) is 1. The summed E-state index contributed by atoms with van der Waals surface area (Å²) in [5, 5.41) is 0. The topological polar surface area (TPSA) is 3.24 Å². The Morgan fingerprint density at radius 1 is 1.20 bits per heavy atom. The molecular formula is C14H19N. The van der Waals surface area contributed by atoms with E-state index in [4.69, 9.17) is 0 Å². The molecule has 1 aromatic rings. The Bertz CT molecular complexity index is 358. The van der Waals surface area contributed by atoms with Crippen LogP contribution >= 0.6 is 0 Å². The van der Waals surface area contributed by atoms with E-state index in [0.29, 0.717) is 0 Å². The highest BCUT2D eigenvalue weighted by atomic mass is 15.1. The van der Waals surface area contributed by atoms with Crippen molar-refractivity contribution in [1.29, 1.82) is 0 Å². The fraction of sp³-hybridized carbons (Fsp3) is 0.571. The summed E-state index contributed by atoms with van der Waals surface area (Å²) in [6, 6.07) is 9.08. The molecule has 1 heteroatoms. The summed E-state index contributed by atoms with van der Waals surface area (Å²) >= 11 is 0. The van der Waals surface area contributed by atoms with E-state index in [2.05, 4.69) is 36.2 Å². The second-order valence-electron chi connectivity index (χ2n) is 5.15. The molecule has 1 fully saturated rings. The molecule has 1 aromatic carbocycles. The average molecular weight is 201 g/mol. The first-order chi connectivity index (χ1) is 7.34. The quantitative estimate of drug-likeness (QED) is 0.624. The molecular weight excluding hydrogens is 182 g/mol. The van der Waals surface area contributed by atoms with Gasteiger partial charge >= 0.3 is 0 Å². The van der Waals surface area contributed by atoms with Crippen LogP contribution in [0.15, 0.2) is 24.3 Å². The molecule has 1 saturated heterocycles. The molecule has 0 amide bonds. The zero-order valence-electron chi connectivity index (χ0n) is 9.45. The molecule has 0 spiro atoms. The van der Waals surface area contributed by atoms with Gasteiger partial charge in [-0.3, -0.25) is 0 Å². The van der Waals surface area contributed by atoms with Gasteiger partial charge in [0.2, 0.25) is 0 Å². The van der Waals surface area contributed by atoms with Crippen LogP contribution in [0.5, 0.6) is 0 Å². The average Bonchev–Trinajstić information content (AvgIpc) is 2.28. The number of likely N-dealkylation sites (tertiary alicyclic amines) is 1. The lowest BCUT2D eigenvalue weighted by Crippen LogP contribution is -2.39. The number of rotatable bonds is 0. The summed E-state index contributed by atoms with van der Waals surface area (Å²) in [4.78, 5) is 2.50. The van der Waals surface area contributed by atoms with Gasteiger partial charge in [0.05, 0.1) is 0 Å². The highest BCUT2D eigenvalue weighted by molar-refractivity contribution is 5.33. The Balaban J connectivity index is 1.93. The fourth-order valence-corrected chi connectivity index (χ4v) is 3.38. The molecule has 3 rings (SSSR count). The molecule has 0 unspecified atom stereocenters. The van der Waals surface area contributed by atoms with Gasteiger partial charge in [-0.1, -0.05) is 24.3 Å². The number of fused-ring (bicyclic) bond motifs is 3. The minimum atomic E-state index is 0.853. The van der Waals surface area contributed by atoms with Gasteiger partial charge in [-0.25, -0.2) is 0 Å². The number of benzene rings is 1. The van der Waals surface area contributed by atoms with Gasteiger partial charge in [-0.15, -0.1) is 0 Å². The van der Waals surface area contributed by atoms with E-state index in [1.165, 1.54) is 32.4 Å². The van der Waals surface area contributed by atoms with Crippen LogP contribution in [0.3, 0.4) is 0 Å². The van der Waals surface area contributed by atoms with Crippen molar-refractivity contribution in [3.63, 3.8) is 0 Å². The molecule has 0 bridgehead atoms. The van der Waals surface area contributed by atoms with Crippen molar-refractivity contribution in [2.24, 2.45) is 5.92 Å². The smallest absolute Gasteiger partial charge is 0.00126 e. The van der Waals surface area contributed by atoms with Crippen LogP contribution in [0.4, 0.5) is 0 Å². The maximum absolute atomic E-state index is 2.50. The summed E-state index contributed by atoms with van der Waals surface area (Å²) in [5.41, 5.74) is 3.27. The van der Waals surface area contributed by atoms with Gasteiger partial charge in [-0.05, 0) is 55.8 Å². The lowest BCUT2D eigenvalue weighted by atomic mass is 9.72. The maximum atomic E-state index is 2.50. The second kappa shape index (κ2) is 3.64. The van der Waals surface area contributed by atoms with E-state index < -0.39 is 0 Å². The Morgan fingerprint density at radius 3 is 3.00 bits per heavy atom. The summed E-state index contributed by atoms with van der Waals surface area (Å²) in [6.07, 6.45) is 4.05. The summed E-state index contributed by atoms with van der Waals surface area (Å²) in [7, 11) is 2.26. The lowest BCUT2D eigenvalue weighted by molar-refractivity contribution is 0.169. The molecule has 80 valence electrons. The third kappa shape index (κ3) is 1.59. The zero-order valence-corrected chi connectivity index (χ0v) is 9.45. The van der Waals surface area contributed by atoms with E-state index in [-0.39, 0.29) is 0 Å². The predicted octanol–water partition coefficient (Wildman–Crippen LogP) is 2.67. The minimum Gasteiger partial charge on any atom is -0.306 e. The van der Waals surface area contributed by atoms with Gasteiger partial charge in [0.1, 0.15) is 0 Å². The van der Waals surface area contributed by atoms with Crippen LogP contribution in [-0.4, -0.2) is 25.0 Å². The minimum absolute atomic E-state index is 0.853. The standard InChI is InChI=1S/C14H19N/c1-15-9-8-14-12(10-15)7-6-11-4-2-3-5-13(11)14/h2-5,12,14H,6-10H2,1H3/t12-,14+/m0/s1. The highest BCUT2D eigenvalue weighted by Gasteiger charge is 2.32. The molecule has 2 atom stereocenters. The van der Waals surface area contributed by atoms with Gasteiger partial charge in [0.15, 0.2) is 0 Å². The van der Waals surface area contributed by atoms with Crippen molar-refractivity contribution < 1.29 is 0 Å². The third-order valence-electron chi connectivity index (χ3n) is 4.18. The lowest BCUT2D eigenvalue weighted by Gasteiger charge is -2.41. The van der Waals surface area contributed by atoms with Crippen LogP contribution < -0.4 is 0 Å². The van der Waals surface area contributed by atoms with Crippen molar-refractivity contribution in [3.05, 3.63) is 35.4 Å². The Kier molecular flexibility index (Phi) is 2.28. The van der Waals surface area contributed by atoms with Crippen LogP contribution in [0.2, 0.25) is 0 Å². The molecule has 2 aliphatic rings. The molecule has 0 saturated carbocycles. The van der Waals surface area contributed by atoms with E-state index in [9.17, 15) is 0 Å². The number of aryl methyl sites for hydroxylation is 1. The molecule has 0 N–H and O–H groups in total. The van der Waals surface area contributed by atoms with Crippen LogP contribution in [-0.2, 0) is 6.42 Å². The van der Waals surface area contributed by atoms with Crippen LogP contribution in [0.1, 0.15) is 29.9 Å². The molecule has 1 nitrogen and oxygen atoms in total. The number of hydrogen-bond donors (Lipinski definition) is 0. The third-order valence-corrected chi connectivity index (χ3v) is 4.18. The molecule has 0 radical (unpaired) electrons.